The molecule has 1 heterocycles. The summed E-state index contributed by atoms with van der Waals surface area (Å²) in [5.74, 6) is 3.30. The number of hydrogen-bond acceptors (Lipinski definition) is 3. The van der Waals surface area contributed by atoms with Crippen LogP contribution in [0.15, 0.2) is 0 Å². The summed E-state index contributed by atoms with van der Waals surface area (Å²) in [5, 5.41) is 0. The van der Waals surface area contributed by atoms with E-state index in [4.69, 9.17) is 14.5 Å². The first-order valence-electron chi connectivity index (χ1n) is 11.0. The highest BCUT2D eigenvalue weighted by atomic mass is 17.2. The molecule has 0 spiro atoms. The van der Waals surface area contributed by atoms with Crippen LogP contribution in [0.2, 0.25) is 0 Å². The van der Waals surface area contributed by atoms with Crippen LogP contribution >= 0.6 is 0 Å². The quantitative estimate of drug-likeness (QED) is 0.476. The smallest absolute Gasteiger partial charge is 0.201 e. The summed E-state index contributed by atoms with van der Waals surface area (Å²) in [7, 11) is 0. The first-order valence-corrected chi connectivity index (χ1v) is 11.0. The molecular formula is C22H36O3. The van der Waals surface area contributed by atoms with Gasteiger partial charge in [0.2, 0.25) is 5.79 Å². The van der Waals surface area contributed by atoms with E-state index in [2.05, 4.69) is 13.8 Å². The lowest BCUT2D eigenvalue weighted by Crippen LogP contribution is -2.54. The lowest BCUT2D eigenvalue weighted by atomic mass is 9.48. The summed E-state index contributed by atoms with van der Waals surface area (Å²) in [6.45, 7) is 5.15. The molecule has 142 valence electrons. The first kappa shape index (κ1) is 17.0. The summed E-state index contributed by atoms with van der Waals surface area (Å²) in [5.41, 5.74) is 0.517. The molecule has 0 amide bonds. The Hall–Kier alpha value is -0.120. The van der Waals surface area contributed by atoms with Gasteiger partial charge in [0.1, 0.15) is 5.60 Å². The van der Waals surface area contributed by atoms with Crippen LogP contribution in [0, 0.1) is 29.1 Å². The second-order valence-corrected chi connectivity index (χ2v) is 10.8. The fourth-order valence-corrected chi connectivity index (χ4v) is 7.57. The van der Waals surface area contributed by atoms with Crippen molar-refractivity contribution in [2.24, 2.45) is 29.1 Å². The lowest BCUT2D eigenvalue weighted by molar-refractivity contribution is -0.506. The summed E-state index contributed by atoms with van der Waals surface area (Å²) in [6.07, 6.45) is 16.2. The largest absolute Gasteiger partial charge is 0.347 e. The van der Waals surface area contributed by atoms with Crippen molar-refractivity contribution in [2.75, 3.05) is 6.61 Å². The van der Waals surface area contributed by atoms with Gasteiger partial charge in [0.25, 0.3) is 0 Å². The third kappa shape index (κ3) is 3.08. The van der Waals surface area contributed by atoms with Crippen LogP contribution in [0.5, 0.6) is 0 Å². The monoisotopic (exact) mass is 348 g/mol. The van der Waals surface area contributed by atoms with Gasteiger partial charge in [-0.15, -0.1) is 0 Å². The molecule has 5 aliphatic carbocycles. The van der Waals surface area contributed by atoms with Gasteiger partial charge in [-0.05, 0) is 107 Å². The van der Waals surface area contributed by atoms with E-state index in [0.717, 1.165) is 37.2 Å². The van der Waals surface area contributed by atoms with E-state index in [9.17, 15) is 0 Å². The summed E-state index contributed by atoms with van der Waals surface area (Å²) >= 11 is 0. The fraction of sp³-hybridized carbons (Fsp3) is 1.00. The minimum atomic E-state index is -0.445. The third-order valence-corrected chi connectivity index (χ3v) is 8.44. The van der Waals surface area contributed by atoms with Crippen LogP contribution in [0.1, 0.15) is 90.9 Å². The average Bonchev–Trinajstić information content (AvgIpc) is 2.56. The predicted molar refractivity (Wildman–Crippen MR) is 96.7 cm³/mol. The van der Waals surface area contributed by atoms with Gasteiger partial charge < -0.3 is 4.74 Å². The maximum absolute atomic E-state index is 6.35. The number of hydrogen-bond donors (Lipinski definition) is 0. The van der Waals surface area contributed by atoms with Crippen molar-refractivity contribution >= 4 is 0 Å². The van der Waals surface area contributed by atoms with E-state index < -0.39 is 5.79 Å². The fourth-order valence-electron chi connectivity index (χ4n) is 7.57. The molecule has 0 N–H and O–H groups in total. The molecule has 1 aliphatic heterocycles. The highest BCUT2D eigenvalue weighted by Crippen LogP contribution is 2.61. The van der Waals surface area contributed by atoms with Crippen LogP contribution in [-0.2, 0) is 14.5 Å². The average molecular weight is 349 g/mol. The van der Waals surface area contributed by atoms with Gasteiger partial charge in [0.15, 0.2) is 0 Å². The van der Waals surface area contributed by atoms with Gasteiger partial charge in [-0.2, -0.15) is 0 Å². The Kier molecular flexibility index (Phi) is 4.04. The highest BCUT2D eigenvalue weighted by molar-refractivity contribution is 5.01. The van der Waals surface area contributed by atoms with Gasteiger partial charge in [-0.1, -0.05) is 0 Å². The van der Waals surface area contributed by atoms with E-state index >= 15 is 0 Å². The Morgan fingerprint density at radius 2 is 1.60 bits per heavy atom. The van der Waals surface area contributed by atoms with E-state index in [1.807, 2.05) is 0 Å². The van der Waals surface area contributed by atoms with Gasteiger partial charge in [0, 0.05) is 12.8 Å². The molecule has 0 aromatic heterocycles. The molecule has 6 aliphatic rings. The summed E-state index contributed by atoms with van der Waals surface area (Å²) in [6, 6.07) is 0. The number of ether oxygens (including phenoxy) is 1. The zero-order chi connectivity index (χ0) is 17.1. The summed E-state index contributed by atoms with van der Waals surface area (Å²) in [4.78, 5) is 11.6. The molecule has 3 nitrogen and oxygen atoms in total. The minimum absolute atomic E-state index is 0.160. The molecule has 0 aromatic carbocycles. The molecule has 6 rings (SSSR count). The molecule has 1 saturated heterocycles. The van der Waals surface area contributed by atoms with Crippen molar-refractivity contribution in [3.8, 4) is 0 Å². The van der Waals surface area contributed by atoms with Gasteiger partial charge in [-0.3, -0.25) is 0 Å². The molecule has 2 unspecified atom stereocenters. The van der Waals surface area contributed by atoms with Crippen LogP contribution in [0.3, 0.4) is 0 Å². The second kappa shape index (κ2) is 5.94. The Morgan fingerprint density at radius 1 is 0.920 bits per heavy atom. The highest BCUT2D eigenvalue weighted by Gasteiger charge is 2.52. The standard InChI is InChI=1S/C22H36O3/c1-20(2)19-5-3-7-22(15-19,25-24-20)23-8-4-6-21-12-16-9-17(13-21)11-18(10-16)14-21/h16-19H,3-15H2,1-2H3. The molecule has 6 bridgehead atoms. The van der Waals surface area contributed by atoms with Crippen LogP contribution in [0.4, 0.5) is 0 Å². The van der Waals surface area contributed by atoms with Gasteiger partial charge in [-0.25, -0.2) is 9.78 Å². The Morgan fingerprint density at radius 3 is 2.28 bits per heavy atom. The van der Waals surface area contributed by atoms with Crippen molar-refractivity contribution in [3.05, 3.63) is 0 Å². The number of fused-ring (bicyclic) bond motifs is 2. The minimum Gasteiger partial charge on any atom is -0.347 e. The van der Waals surface area contributed by atoms with E-state index in [1.54, 1.807) is 19.3 Å². The summed E-state index contributed by atoms with van der Waals surface area (Å²) < 4.78 is 6.35. The van der Waals surface area contributed by atoms with Crippen molar-refractivity contribution < 1.29 is 14.5 Å². The van der Waals surface area contributed by atoms with E-state index in [0.29, 0.717) is 11.3 Å². The van der Waals surface area contributed by atoms with Crippen LogP contribution in [-0.4, -0.2) is 18.0 Å². The Labute approximate surface area is 153 Å². The van der Waals surface area contributed by atoms with Crippen molar-refractivity contribution in [2.45, 2.75) is 102 Å². The molecule has 6 fully saturated rings. The maximum atomic E-state index is 6.35. The molecule has 5 saturated carbocycles. The molecule has 0 aromatic rings. The molecule has 3 heteroatoms. The zero-order valence-electron chi connectivity index (χ0n) is 16.2. The molecule has 25 heavy (non-hydrogen) atoms. The van der Waals surface area contributed by atoms with Crippen LogP contribution in [0.25, 0.3) is 0 Å². The number of rotatable bonds is 5. The van der Waals surface area contributed by atoms with Gasteiger partial charge >= 0.3 is 0 Å². The lowest BCUT2D eigenvalue weighted by Gasteiger charge is -2.57. The Bertz CT molecular complexity index is 478. The Balaban J connectivity index is 1.14. The van der Waals surface area contributed by atoms with Crippen LogP contribution < -0.4 is 0 Å². The van der Waals surface area contributed by atoms with E-state index in [-0.39, 0.29) is 5.60 Å². The normalized spacial score (nSPS) is 50.2. The first-order chi connectivity index (χ1) is 12.0. The SMILES string of the molecule is CC1(C)OOC2(OCCCC34CC5CC(CC(C5)C3)C4)CCCC1C2. The molecular weight excluding hydrogens is 312 g/mol. The van der Waals surface area contributed by atoms with E-state index in [1.165, 1.54) is 44.9 Å². The predicted octanol–water partition coefficient (Wildman–Crippen LogP) is 5.63. The zero-order valence-corrected chi connectivity index (χ0v) is 16.2. The maximum Gasteiger partial charge on any atom is 0.201 e. The van der Waals surface area contributed by atoms with Crippen molar-refractivity contribution in [3.63, 3.8) is 0 Å². The van der Waals surface area contributed by atoms with Gasteiger partial charge in [0.05, 0.1) is 6.61 Å². The third-order valence-electron chi connectivity index (χ3n) is 8.44. The molecule has 2 atom stereocenters. The van der Waals surface area contributed by atoms with Crippen molar-refractivity contribution in [1.82, 2.24) is 0 Å². The van der Waals surface area contributed by atoms with Crippen molar-refractivity contribution in [1.29, 1.82) is 0 Å². The second-order valence-electron chi connectivity index (χ2n) is 10.8. The topological polar surface area (TPSA) is 27.7 Å². The molecule has 0 radical (unpaired) electrons.